The molecule has 0 aliphatic rings. The molecule has 0 aliphatic carbocycles. The van der Waals surface area contributed by atoms with Crippen LogP contribution in [0.3, 0.4) is 0 Å². The fourth-order valence-corrected chi connectivity index (χ4v) is 4.24. The van der Waals surface area contributed by atoms with Crippen LogP contribution in [-0.4, -0.2) is 66.7 Å². The first-order valence-corrected chi connectivity index (χ1v) is 12.3. The van der Waals surface area contributed by atoms with E-state index in [0.29, 0.717) is 11.4 Å². The van der Waals surface area contributed by atoms with Crippen molar-refractivity contribution in [2.45, 2.75) is 6.61 Å². The number of anilines is 2. The molecule has 9 heteroatoms. The van der Waals surface area contributed by atoms with Gasteiger partial charge in [0.05, 0.1) is 24.2 Å². The van der Waals surface area contributed by atoms with Crippen molar-refractivity contribution >= 4 is 28.2 Å². The van der Waals surface area contributed by atoms with Gasteiger partial charge in [-0.15, -0.1) is 0 Å². The standard InChI is InChI=1S/C29H34N6O3/c1-7-28(36)31-24-16-20(27(37-6)17-26(24)34(4)15-14-33(2)3)19-38-29-30-13-12-23(32-29)22-18-35(5)25-11-9-8-10-21(22)25/h7-13,16-18H,1,14-15,19H2,2-6H3,(H,31,36). The van der Waals surface area contributed by atoms with E-state index in [9.17, 15) is 4.79 Å². The highest BCUT2D eigenvalue weighted by molar-refractivity contribution is 6.01. The molecule has 0 saturated heterocycles. The Morgan fingerprint density at radius 2 is 1.95 bits per heavy atom. The van der Waals surface area contributed by atoms with Crippen molar-refractivity contribution in [1.82, 2.24) is 19.4 Å². The average Bonchev–Trinajstić information content (AvgIpc) is 3.27. The zero-order valence-corrected chi connectivity index (χ0v) is 22.6. The van der Waals surface area contributed by atoms with Crippen LogP contribution in [0.5, 0.6) is 11.8 Å². The number of para-hydroxylation sites is 1. The van der Waals surface area contributed by atoms with E-state index in [1.165, 1.54) is 6.08 Å². The number of aromatic nitrogens is 3. The van der Waals surface area contributed by atoms with Crippen LogP contribution in [0.1, 0.15) is 5.56 Å². The van der Waals surface area contributed by atoms with Crippen molar-refractivity contribution in [3.63, 3.8) is 0 Å². The van der Waals surface area contributed by atoms with Gasteiger partial charge < -0.3 is 29.2 Å². The molecule has 0 atom stereocenters. The fourth-order valence-electron chi connectivity index (χ4n) is 4.24. The van der Waals surface area contributed by atoms with E-state index < -0.39 is 0 Å². The number of ether oxygens (including phenoxy) is 2. The number of nitrogens with one attached hydrogen (secondary N) is 1. The molecule has 0 bridgehead atoms. The molecule has 0 radical (unpaired) electrons. The lowest BCUT2D eigenvalue weighted by atomic mass is 10.1. The van der Waals surface area contributed by atoms with Gasteiger partial charge in [0.15, 0.2) is 0 Å². The first kappa shape index (κ1) is 26.7. The number of rotatable bonds is 11. The molecule has 198 valence electrons. The van der Waals surface area contributed by atoms with Crippen LogP contribution in [0.15, 0.2) is 67.5 Å². The minimum absolute atomic E-state index is 0.154. The van der Waals surface area contributed by atoms with Gasteiger partial charge in [-0.2, -0.15) is 4.98 Å². The predicted molar refractivity (Wildman–Crippen MR) is 152 cm³/mol. The molecule has 2 heterocycles. The molecule has 0 aliphatic heterocycles. The minimum Gasteiger partial charge on any atom is -0.496 e. The number of carbonyl (C=O) groups is 1. The molecular weight excluding hydrogens is 480 g/mol. The third kappa shape index (κ3) is 5.95. The Morgan fingerprint density at radius 3 is 2.68 bits per heavy atom. The summed E-state index contributed by atoms with van der Waals surface area (Å²) in [5, 5.41) is 4.02. The van der Waals surface area contributed by atoms with Crippen LogP contribution in [0, 0.1) is 0 Å². The summed E-state index contributed by atoms with van der Waals surface area (Å²) in [4.78, 5) is 25.3. The summed E-state index contributed by atoms with van der Waals surface area (Å²) in [6.07, 6.45) is 4.99. The van der Waals surface area contributed by atoms with Gasteiger partial charge >= 0.3 is 6.01 Å². The SMILES string of the molecule is C=CC(=O)Nc1cc(COc2nccc(-c3cn(C)c4ccccc34)n2)c(OC)cc1N(C)CCN(C)C. The number of aryl methyl sites for hydroxylation is 1. The minimum atomic E-state index is -0.296. The number of benzene rings is 2. The lowest BCUT2D eigenvalue weighted by molar-refractivity contribution is -0.111. The van der Waals surface area contributed by atoms with E-state index in [2.05, 4.69) is 54.6 Å². The number of amides is 1. The van der Waals surface area contributed by atoms with Crippen molar-refractivity contribution < 1.29 is 14.3 Å². The third-order valence-electron chi connectivity index (χ3n) is 6.30. The molecule has 38 heavy (non-hydrogen) atoms. The Kier molecular flexibility index (Phi) is 8.28. The number of carbonyl (C=O) groups excluding carboxylic acids is 1. The average molecular weight is 515 g/mol. The van der Waals surface area contributed by atoms with Gasteiger partial charge in [0.1, 0.15) is 12.4 Å². The summed E-state index contributed by atoms with van der Waals surface area (Å²) in [5.74, 6) is 0.342. The zero-order valence-electron chi connectivity index (χ0n) is 22.6. The summed E-state index contributed by atoms with van der Waals surface area (Å²) in [5.41, 5.74) is 5.12. The highest BCUT2D eigenvalue weighted by Gasteiger charge is 2.17. The Morgan fingerprint density at radius 1 is 1.16 bits per heavy atom. The van der Waals surface area contributed by atoms with Crippen LogP contribution in [-0.2, 0) is 18.4 Å². The van der Waals surface area contributed by atoms with E-state index in [4.69, 9.17) is 9.47 Å². The molecule has 0 unspecified atom stereocenters. The molecule has 0 spiro atoms. The van der Waals surface area contributed by atoms with Crippen molar-refractivity contribution in [2.24, 2.45) is 7.05 Å². The fraction of sp³-hybridized carbons (Fsp3) is 0.276. The van der Waals surface area contributed by atoms with Gasteiger partial charge in [0.2, 0.25) is 5.91 Å². The maximum Gasteiger partial charge on any atom is 0.317 e. The molecular formula is C29H34N6O3. The largest absolute Gasteiger partial charge is 0.496 e. The molecule has 9 nitrogen and oxygen atoms in total. The first-order valence-electron chi connectivity index (χ1n) is 12.3. The van der Waals surface area contributed by atoms with Crippen LogP contribution >= 0.6 is 0 Å². The monoisotopic (exact) mass is 514 g/mol. The topological polar surface area (TPSA) is 84.7 Å². The van der Waals surface area contributed by atoms with Crippen LogP contribution in [0.4, 0.5) is 11.4 Å². The molecule has 1 N–H and O–H groups in total. The van der Waals surface area contributed by atoms with Crippen molar-refractivity contribution in [3.05, 3.63) is 73.1 Å². The van der Waals surface area contributed by atoms with Gasteiger partial charge in [-0.3, -0.25) is 4.79 Å². The number of hydrogen-bond donors (Lipinski definition) is 1. The number of fused-ring (bicyclic) bond motifs is 1. The predicted octanol–water partition coefficient (Wildman–Crippen LogP) is 4.35. The van der Waals surface area contributed by atoms with Crippen molar-refractivity contribution in [2.75, 3.05) is 51.6 Å². The van der Waals surface area contributed by atoms with E-state index in [1.54, 1.807) is 13.3 Å². The maximum absolute atomic E-state index is 12.2. The highest BCUT2D eigenvalue weighted by Crippen LogP contribution is 2.34. The summed E-state index contributed by atoms with van der Waals surface area (Å²) in [6.45, 7) is 5.34. The Bertz CT molecular complexity index is 1450. The molecule has 4 rings (SSSR count). The van der Waals surface area contributed by atoms with Gasteiger partial charge in [0, 0.05) is 67.7 Å². The number of likely N-dealkylation sites (N-methyl/N-ethyl adjacent to an activating group) is 2. The Balaban J connectivity index is 1.61. The quantitative estimate of drug-likeness (QED) is 0.298. The third-order valence-corrected chi connectivity index (χ3v) is 6.30. The van der Waals surface area contributed by atoms with Gasteiger partial charge in [0.25, 0.3) is 0 Å². The number of nitrogens with zero attached hydrogens (tertiary/aromatic N) is 5. The summed E-state index contributed by atoms with van der Waals surface area (Å²) in [7, 11) is 9.65. The number of hydrogen-bond acceptors (Lipinski definition) is 7. The summed E-state index contributed by atoms with van der Waals surface area (Å²) in [6, 6.07) is 14.1. The Hall–Kier alpha value is -4.37. The molecule has 1 amide bonds. The zero-order chi connectivity index (χ0) is 27.2. The lowest BCUT2D eigenvalue weighted by Crippen LogP contribution is -2.29. The summed E-state index contributed by atoms with van der Waals surface area (Å²) < 4.78 is 13.8. The summed E-state index contributed by atoms with van der Waals surface area (Å²) >= 11 is 0. The second-order valence-corrected chi connectivity index (χ2v) is 9.28. The molecule has 2 aromatic heterocycles. The molecule has 0 saturated carbocycles. The Labute approximate surface area is 223 Å². The van der Waals surface area contributed by atoms with E-state index >= 15 is 0 Å². The van der Waals surface area contributed by atoms with Crippen LogP contribution in [0.25, 0.3) is 22.2 Å². The number of methoxy groups -OCH3 is 1. The van der Waals surface area contributed by atoms with Crippen LogP contribution < -0.4 is 19.7 Å². The maximum atomic E-state index is 12.2. The highest BCUT2D eigenvalue weighted by atomic mass is 16.5. The normalized spacial score (nSPS) is 11.0. The molecule has 0 fully saturated rings. The van der Waals surface area contributed by atoms with Crippen LogP contribution in [0.2, 0.25) is 0 Å². The smallest absolute Gasteiger partial charge is 0.317 e. The van der Waals surface area contributed by atoms with Crippen molar-refractivity contribution in [1.29, 1.82) is 0 Å². The van der Waals surface area contributed by atoms with Gasteiger partial charge in [-0.25, -0.2) is 4.98 Å². The van der Waals surface area contributed by atoms with E-state index in [1.807, 2.05) is 58.5 Å². The molecule has 2 aromatic carbocycles. The van der Waals surface area contributed by atoms with E-state index in [-0.39, 0.29) is 18.5 Å². The second-order valence-electron chi connectivity index (χ2n) is 9.28. The second kappa shape index (κ2) is 11.8. The van der Waals surface area contributed by atoms with Gasteiger partial charge in [-0.05, 0) is 38.4 Å². The van der Waals surface area contributed by atoms with Crippen molar-refractivity contribution in [3.8, 4) is 23.0 Å². The first-order chi connectivity index (χ1) is 18.3. The lowest BCUT2D eigenvalue weighted by Gasteiger charge is -2.25. The molecule has 4 aromatic rings. The van der Waals surface area contributed by atoms with Gasteiger partial charge in [-0.1, -0.05) is 24.8 Å². The van der Waals surface area contributed by atoms with E-state index in [0.717, 1.165) is 46.5 Å².